The van der Waals surface area contributed by atoms with Crippen molar-refractivity contribution >= 4 is 25.7 Å². The number of aliphatic carboxylic acids is 1. The monoisotopic (exact) mass is 884 g/mol. The lowest BCUT2D eigenvalue weighted by Gasteiger charge is -2.20. The molecule has 0 aromatic heterocycles. The van der Waals surface area contributed by atoms with Crippen LogP contribution in [0.5, 0.6) is 0 Å². The van der Waals surface area contributed by atoms with Crippen LogP contribution in [0.4, 0.5) is 0 Å². The minimum Gasteiger partial charge on any atom is -0.480 e. The second-order valence-corrected chi connectivity index (χ2v) is 17.5. The molecule has 12 nitrogen and oxygen atoms in total. The number of rotatable bonds is 44. The average molecular weight is 884 g/mol. The molecule has 61 heavy (non-hydrogen) atoms. The van der Waals surface area contributed by atoms with Gasteiger partial charge in [-0.3, -0.25) is 23.4 Å². The first-order valence-corrected chi connectivity index (χ1v) is 25.3. The normalized spacial score (nSPS) is 14.6. The van der Waals surface area contributed by atoms with Gasteiger partial charge in [-0.2, -0.15) is 0 Å². The minimum absolute atomic E-state index is 0.0269. The van der Waals surface area contributed by atoms with Crippen molar-refractivity contribution in [2.24, 2.45) is 5.73 Å². The van der Waals surface area contributed by atoms with E-state index in [-0.39, 0.29) is 12.8 Å². The van der Waals surface area contributed by atoms with Crippen molar-refractivity contribution < 1.29 is 52.6 Å². The first-order chi connectivity index (χ1) is 29.5. The van der Waals surface area contributed by atoms with Gasteiger partial charge < -0.3 is 30.3 Å². The molecule has 0 aliphatic rings. The van der Waals surface area contributed by atoms with Crippen molar-refractivity contribution in [2.45, 2.75) is 218 Å². The molecule has 13 heteroatoms. The molecule has 0 amide bonds. The number of carbonyl (C=O) groups is 3. The van der Waals surface area contributed by atoms with Crippen LogP contribution < -0.4 is 5.73 Å². The molecule has 0 heterocycles. The highest BCUT2D eigenvalue weighted by Gasteiger charge is 2.28. The van der Waals surface area contributed by atoms with E-state index in [1.807, 2.05) is 18.2 Å². The van der Waals surface area contributed by atoms with Crippen molar-refractivity contribution in [3.63, 3.8) is 0 Å². The Morgan fingerprint density at radius 1 is 0.590 bits per heavy atom. The Morgan fingerprint density at radius 3 is 1.66 bits per heavy atom. The Morgan fingerprint density at radius 2 is 1.08 bits per heavy atom. The summed E-state index contributed by atoms with van der Waals surface area (Å²) in [6.45, 7) is 2.65. The molecular formula is C48H86NO11P. The van der Waals surface area contributed by atoms with Crippen LogP contribution in [0.25, 0.3) is 0 Å². The SMILES string of the molecule is CCCCC/C=C\C/C=C\CC(O)/C=C\C=C\CCCC(=O)O[C@H](COC(=O)CCCCCCCCCCCCCCCCCCCCC)COP(=O)(O)OC[C@H](N)C(=O)O. The van der Waals surface area contributed by atoms with Gasteiger partial charge in [-0.05, 0) is 44.9 Å². The maximum Gasteiger partial charge on any atom is 0.472 e. The maximum atomic E-state index is 12.6. The summed E-state index contributed by atoms with van der Waals surface area (Å²) in [4.78, 5) is 46.0. The topological polar surface area (TPSA) is 192 Å². The smallest absolute Gasteiger partial charge is 0.472 e. The van der Waals surface area contributed by atoms with E-state index in [0.29, 0.717) is 25.7 Å². The summed E-state index contributed by atoms with van der Waals surface area (Å²) in [6.07, 6.45) is 44.9. The van der Waals surface area contributed by atoms with Crippen LogP contribution in [-0.2, 0) is 37.5 Å². The van der Waals surface area contributed by atoms with E-state index in [4.69, 9.17) is 24.8 Å². The summed E-state index contributed by atoms with van der Waals surface area (Å²) in [5.74, 6) is -2.52. The quantitative estimate of drug-likeness (QED) is 0.0149. The van der Waals surface area contributed by atoms with E-state index in [0.717, 1.165) is 32.1 Å². The summed E-state index contributed by atoms with van der Waals surface area (Å²) < 4.78 is 32.6. The maximum absolute atomic E-state index is 12.6. The predicted octanol–water partition coefficient (Wildman–Crippen LogP) is 11.9. The number of carbonyl (C=O) groups excluding carboxylic acids is 2. The van der Waals surface area contributed by atoms with Crippen LogP contribution in [0.3, 0.4) is 0 Å². The van der Waals surface area contributed by atoms with Crippen molar-refractivity contribution in [2.75, 3.05) is 19.8 Å². The molecule has 0 aromatic carbocycles. The number of unbranched alkanes of at least 4 members (excludes halogenated alkanes) is 22. The van der Waals surface area contributed by atoms with Crippen molar-refractivity contribution in [1.82, 2.24) is 0 Å². The van der Waals surface area contributed by atoms with Crippen LogP contribution in [-0.4, -0.2) is 71.1 Å². The highest BCUT2D eigenvalue weighted by molar-refractivity contribution is 7.47. The Balaban J connectivity index is 4.44. The van der Waals surface area contributed by atoms with Crippen molar-refractivity contribution in [1.29, 1.82) is 0 Å². The zero-order chi connectivity index (χ0) is 45.1. The number of nitrogens with two attached hydrogens (primary N) is 1. The van der Waals surface area contributed by atoms with Gasteiger partial charge in [0, 0.05) is 12.8 Å². The lowest BCUT2D eigenvalue weighted by Crippen LogP contribution is -2.34. The molecule has 354 valence electrons. The van der Waals surface area contributed by atoms with Gasteiger partial charge in [0.15, 0.2) is 6.10 Å². The third-order valence-electron chi connectivity index (χ3n) is 10.2. The molecule has 4 atom stereocenters. The van der Waals surface area contributed by atoms with Crippen LogP contribution >= 0.6 is 7.82 Å². The van der Waals surface area contributed by atoms with Crippen LogP contribution in [0, 0.1) is 0 Å². The van der Waals surface area contributed by atoms with Gasteiger partial charge in [-0.25, -0.2) is 4.57 Å². The molecule has 0 bridgehead atoms. The first-order valence-electron chi connectivity index (χ1n) is 23.8. The fourth-order valence-corrected chi connectivity index (χ4v) is 7.15. The van der Waals surface area contributed by atoms with Gasteiger partial charge in [0.25, 0.3) is 0 Å². The molecular weight excluding hydrogens is 797 g/mol. The summed E-state index contributed by atoms with van der Waals surface area (Å²) >= 11 is 0. The number of hydrogen-bond acceptors (Lipinski definition) is 10. The van der Waals surface area contributed by atoms with Gasteiger partial charge in [0.05, 0.1) is 19.3 Å². The van der Waals surface area contributed by atoms with Gasteiger partial charge in [0.2, 0.25) is 0 Å². The summed E-state index contributed by atoms with van der Waals surface area (Å²) in [5, 5.41) is 19.0. The molecule has 0 aliphatic carbocycles. The van der Waals surface area contributed by atoms with Crippen molar-refractivity contribution in [3.8, 4) is 0 Å². The van der Waals surface area contributed by atoms with Crippen LogP contribution in [0.2, 0.25) is 0 Å². The van der Waals surface area contributed by atoms with E-state index < -0.39 is 63.8 Å². The number of aliphatic hydroxyl groups excluding tert-OH is 1. The molecule has 0 radical (unpaired) electrons. The Labute approximate surface area is 369 Å². The van der Waals surface area contributed by atoms with Gasteiger partial charge in [-0.1, -0.05) is 191 Å². The number of phosphoric ester groups is 1. The number of hydrogen-bond donors (Lipinski definition) is 4. The number of carboxylic acids is 1. The largest absolute Gasteiger partial charge is 0.480 e. The fraction of sp³-hybridized carbons (Fsp3) is 0.771. The molecule has 5 N–H and O–H groups in total. The van der Waals surface area contributed by atoms with E-state index in [2.05, 4.69) is 30.5 Å². The van der Waals surface area contributed by atoms with Crippen molar-refractivity contribution in [3.05, 3.63) is 48.6 Å². The Kier molecular flexibility index (Phi) is 40.9. The zero-order valence-electron chi connectivity index (χ0n) is 38.1. The molecule has 0 saturated heterocycles. The standard InChI is InChI=1S/C48H86NO11P/c1-3-5-7-9-11-13-14-15-16-17-18-19-20-21-22-24-26-30-34-38-46(51)57-40-44(41-58-61(55,56)59-42-45(49)48(53)54)60-47(52)39-35-31-27-29-33-37-43(50)36-32-28-25-23-12-10-8-6-4-2/h12,23,27-29,32-33,37,43-45,50H,3-11,13-22,24-26,30-31,34-36,38-42,49H2,1-2H3,(H,53,54)(H,55,56)/b23-12-,29-27+,32-28-,37-33-/t43?,44-,45+/m1/s1. The fourth-order valence-electron chi connectivity index (χ4n) is 6.37. The van der Waals surface area contributed by atoms with Crippen LogP contribution in [0.15, 0.2) is 48.6 Å². The molecule has 0 saturated carbocycles. The Bertz CT molecular complexity index is 1240. The third kappa shape index (κ3) is 42.5. The molecule has 0 fully saturated rings. The lowest BCUT2D eigenvalue weighted by atomic mass is 10.0. The molecule has 0 aliphatic heterocycles. The van der Waals surface area contributed by atoms with E-state index >= 15 is 0 Å². The number of carboxylic acid groups (broad SMARTS) is 1. The third-order valence-corrected chi connectivity index (χ3v) is 11.1. The predicted molar refractivity (Wildman–Crippen MR) is 246 cm³/mol. The summed E-state index contributed by atoms with van der Waals surface area (Å²) in [5.41, 5.74) is 5.33. The number of allylic oxidation sites excluding steroid dienone is 6. The highest BCUT2D eigenvalue weighted by Crippen LogP contribution is 2.43. The van der Waals surface area contributed by atoms with Gasteiger partial charge in [0.1, 0.15) is 12.6 Å². The number of esters is 2. The molecule has 0 rings (SSSR count). The Hall–Kier alpha value is -2.60. The van der Waals surface area contributed by atoms with E-state index in [1.165, 1.54) is 116 Å². The van der Waals surface area contributed by atoms with Crippen LogP contribution in [0.1, 0.15) is 200 Å². The zero-order valence-corrected chi connectivity index (χ0v) is 39.0. The van der Waals surface area contributed by atoms with E-state index in [1.54, 1.807) is 18.2 Å². The first kappa shape index (κ1) is 58.4. The minimum atomic E-state index is -4.76. The highest BCUT2D eigenvalue weighted by atomic mass is 31.2. The molecule has 0 spiro atoms. The average Bonchev–Trinajstić information content (AvgIpc) is 3.23. The molecule has 0 aromatic rings. The molecule has 2 unspecified atom stereocenters. The summed E-state index contributed by atoms with van der Waals surface area (Å²) in [6, 6.07) is -1.54. The van der Waals surface area contributed by atoms with Gasteiger partial charge >= 0.3 is 25.7 Å². The second kappa shape index (κ2) is 42.7. The van der Waals surface area contributed by atoms with E-state index in [9.17, 15) is 28.9 Å². The number of aliphatic hydroxyl groups is 1. The number of ether oxygens (including phenoxy) is 2. The lowest BCUT2D eigenvalue weighted by molar-refractivity contribution is -0.161. The summed E-state index contributed by atoms with van der Waals surface area (Å²) in [7, 11) is -4.76. The number of phosphoric acid groups is 1. The van der Waals surface area contributed by atoms with Gasteiger partial charge in [-0.15, -0.1) is 0 Å². The second-order valence-electron chi connectivity index (χ2n) is 16.1.